The average Bonchev–Trinajstić information content (AvgIpc) is 3.26. The number of hydrogen-bond acceptors (Lipinski definition) is 11. The third-order valence-corrected chi connectivity index (χ3v) is 13.3. The molecule has 0 radical (unpaired) electrons. The number of carbonyl (C=O) groups is 3. The predicted molar refractivity (Wildman–Crippen MR) is 241 cm³/mol. The molecule has 66 heavy (non-hydrogen) atoms. The van der Waals surface area contributed by atoms with Crippen LogP contribution in [0.2, 0.25) is 0 Å². The SMILES string of the molecule is CN(CCCC(=O)NCCCCCC(=O)O)C(=O)c1ccccc1-c1c2cc(S(=O)(=O)O)c(=[NH+]Cc3ccc(S(=O)(=O)O)cc3)cc-2oc2cc(NCc3ccccc3S(=O)(=O)O)ccc12. The molecular weight excluding hydrogens is 917 g/mol. The van der Waals surface area contributed by atoms with Gasteiger partial charge in [0.15, 0.2) is 11.4 Å². The van der Waals surface area contributed by atoms with Crippen molar-refractivity contribution in [2.24, 2.45) is 0 Å². The van der Waals surface area contributed by atoms with Crippen LogP contribution in [0.3, 0.4) is 0 Å². The van der Waals surface area contributed by atoms with E-state index in [2.05, 4.69) is 15.6 Å². The summed E-state index contributed by atoms with van der Waals surface area (Å²) in [5.41, 5.74) is 2.56. The maximum Gasteiger partial charge on any atom is 0.303 e. The first-order chi connectivity index (χ1) is 31.2. The summed E-state index contributed by atoms with van der Waals surface area (Å²) in [5.74, 6) is -1.40. The maximum atomic E-state index is 14.3. The highest BCUT2D eigenvalue weighted by Crippen LogP contribution is 2.42. The summed E-state index contributed by atoms with van der Waals surface area (Å²) >= 11 is 0. The Morgan fingerprint density at radius 3 is 2.11 bits per heavy atom. The van der Waals surface area contributed by atoms with Gasteiger partial charge in [-0.25, -0.2) is 4.99 Å². The van der Waals surface area contributed by atoms with Gasteiger partial charge in [0.25, 0.3) is 26.1 Å². The lowest BCUT2D eigenvalue weighted by molar-refractivity contribution is -0.520. The topological polar surface area (TPSA) is 289 Å². The molecule has 4 aromatic carbocycles. The van der Waals surface area contributed by atoms with Crippen LogP contribution in [0.15, 0.2) is 122 Å². The number of carboxylic acid groups (broad SMARTS) is 1. The van der Waals surface area contributed by atoms with E-state index in [0.717, 1.165) is 0 Å². The maximum absolute atomic E-state index is 14.3. The van der Waals surface area contributed by atoms with E-state index in [1.54, 1.807) is 55.6 Å². The Morgan fingerprint density at radius 2 is 1.41 bits per heavy atom. The van der Waals surface area contributed by atoms with Crippen molar-refractivity contribution in [3.63, 3.8) is 0 Å². The largest absolute Gasteiger partial charge is 0.481 e. The van der Waals surface area contributed by atoms with E-state index in [9.17, 15) is 53.3 Å². The van der Waals surface area contributed by atoms with E-state index in [1.807, 2.05) is 0 Å². The van der Waals surface area contributed by atoms with Gasteiger partial charge in [0.1, 0.15) is 11.3 Å². The molecule has 21 heteroatoms. The summed E-state index contributed by atoms with van der Waals surface area (Å²) in [5, 5.41) is 15.1. The van der Waals surface area contributed by atoms with E-state index in [1.165, 1.54) is 59.5 Å². The number of fused-ring (bicyclic) bond motifs is 2. The zero-order valence-electron chi connectivity index (χ0n) is 35.4. The molecule has 2 aliphatic rings. The second-order valence-electron chi connectivity index (χ2n) is 15.3. The van der Waals surface area contributed by atoms with E-state index in [0.29, 0.717) is 60.0 Å². The van der Waals surface area contributed by atoms with Crippen LogP contribution in [0.25, 0.3) is 33.4 Å². The van der Waals surface area contributed by atoms with Crippen LogP contribution in [0.1, 0.15) is 60.0 Å². The minimum Gasteiger partial charge on any atom is -0.481 e. The number of unbranched alkanes of at least 4 members (excludes halogenated alkanes) is 2. The van der Waals surface area contributed by atoms with E-state index < -0.39 is 47.1 Å². The minimum absolute atomic E-state index is 0.0289. The normalized spacial score (nSPS) is 12.3. The molecule has 2 amide bonds. The third-order valence-electron chi connectivity index (χ3n) is 10.6. The molecule has 0 bridgehead atoms. The molecule has 7 N–H and O–H groups in total. The Kier molecular flexibility index (Phi) is 15.4. The minimum atomic E-state index is -4.95. The number of amides is 2. The average molecular weight is 964 g/mol. The van der Waals surface area contributed by atoms with Gasteiger partial charge in [0.05, 0.1) is 15.9 Å². The Hall–Kier alpha value is -6.49. The van der Waals surface area contributed by atoms with Gasteiger partial charge >= 0.3 is 16.1 Å². The van der Waals surface area contributed by atoms with Crippen molar-refractivity contribution in [2.45, 2.75) is 66.3 Å². The van der Waals surface area contributed by atoms with Gasteiger partial charge in [0.2, 0.25) is 11.3 Å². The summed E-state index contributed by atoms with van der Waals surface area (Å²) < 4.78 is 110. The second-order valence-corrected chi connectivity index (χ2v) is 19.5. The quantitative estimate of drug-likeness (QED) is 0.0318. The molecule has 0 spiro atoms. The van der Waals surface area contributed by atoms with Crippen molar-refractivity contribution in [2.75, 3.05) is 25.5 Å². The zero-order chi connectivity index (χ0) is 47.8. The number of nitrogens with one attached hydrogen (secondary N) is 3. The van der Waals surface area contributed by atoms with Crippen LogP contribution in [-0.4, -0.2) is 86.8 Å². The van der Waals surface area contributed by atoms with Gasteiger partial charge in [-0.15, -0.1) is 0 Å². The smallest absolute Gasteiger partial charge is 0.303 e. The number of carbonyl (C=O) groups excluding carboxylic acids is 2. The fourth-order valence-electron chi connectivity index (χ4n) is 7.31. The monoisotopic (exact) mass is 963 g/mol. The van der Waals surface area contributed by atoms with Crippen molar-refractivity contribution in [3.8, 4) is 22.5 Å². The first kappa shape index (κ1) is 49.0. The van der Waals surface area contributed by atoms with Gasteiger partial charge in [0, 0.05) is 78.9 Å². The van der Waals surface area contributed by atoms with Crippen LogP contribution < -0.4 is 21.0 Å². The lowest BCUT2D eigenvalue weighted by Crippen LogP contribution is -2.75. The van der Waals surface area contributed by atoms with Crippen LogP contribution in [-0.2, 0) is 53.0 Å². The summed E-state index contributed by atoms with van der Waals surface area (Å²) in [6.45, 7) is 0.495. The summed E-state index contributed by atoms with van der Waals surface area (Å²) in [6, 6.07) is 25.2. The van der Waals surface area contributed by atoms with Gasteiger partial charge in [-0.3, -0.25) is 28.0 Å². The Morgan fingerprint density at radius 1 is 0.712 bits per heavy atom. The molecule has 0 aromatic heterocycles. The fraction of sp³-hybridized carbons (Fsp3) is 0.244. The zero-order valence-corrected chi connectivity index (χ0v) is 37.9. The molecule has 1 aliphatic heterocycles. The van der Waals surface area contributed by atoms with Gasteiger partial charge in [-0.05, 0) is 72.9 Å². The fourth-order valence-corrected chi connectivity index (χ4v) is 9.19. The van der Waals surface area contributed by atoms with Crippen LogP contribution in [0, 0.1) is 0 Å². The molecule has 348 valence electrons. The van der Waals surface area contributed by atoms with Gasteiger partial charge in [-0.2, -0.15) is 25.3 Å². The van der Waals surface area contributed by atoms with Crippen molar-refractivity contribution < 1.29 is 67.8 Å². The van der Waals surface area contributed by atoms with Crippen molar-refractivity contribution in [3.05, 3.63) is 125 Å². The van der Waals surface area contributed by atoms with Crippen LogP contribution in [0.5, 0.6) is 0 Å². The van der Waals surface area contributed by atoms with E-state index >= 15 is 0 Å². The molecular formula is C45H47N4O14S3+. The van der Waals surface area contributed by atoms with Crippen LogP contribution >= 0.6 is 0 Å². The number of carboxylic acids is 1. The lowest BCUT2D eigenvalue weighted by Gasteiger charge is -2.22. The molecule has 6 rings (SSSR count). The Balaban J connectivity index is 1.40. The van der Waals surface area contributed by atoms with Crippen molar-refractivity contribution in [1.82, 2.24) is 10.2 Å². The molecule has 1 heterocycles. The summed E-state index contributed by atoms with van der Waals surface area (Å²) in [7, 11) is -12.4. The van der Waals surface area contributed by atoms with Crippen LogP contribution in [0.4, 0.5) is 5.69 Å². The van der Waals surface area contributed by atoms with Gasteiger partial charge < -0.3 is 25.1 Å². The highest BCUT2D eigenvalue weighted by atomic mass is 32.2. The molecule has 18 nitrogen and oxygen atoms in total. The molecule has 0 saturated heterocycles. The number of nitrogens with zero attached hydrogens (tertiary/aromatic N) is 1. The molecule has 4 aromatic rings. The first-order valence-electron chi connectivity index (χ1n) is 20.5. The number of benzene rings is 5. The summed E-state index contributed by atoms with van der Waals surface area (Å²) in [4.78, 5) is 40.7. The Labute approximate surface area is 380 Å². The van der Waals surface area contributed by atoms with E-state index in [4.69, 9.17) is 9.52 Å². The first-order valence-corrected chi connectivity index (χ1v) is 24.8. The van der Waals surface area contributed by atoms with Gasteiger partial charge in [-0.1, -0.05) is 55.0 Å². The highest BCUT2D eigenvalue weighted by Gasteiger charge is 2.28. The number of anilines is 1. The predicted octanol–water partition coefficient (Wildman–Crippen LogP) is 4.35. The third kappa shape index (κ3) is 12.4. The highest BCUT2D eigenvalue weighted by molar-refractivity contribution is 7.86. The molecule has 0 fully saturated rings. The molecule has 0 unspecified atom stereocenters. The lowest BCUT2D eigenvalue weighted by atomic mass is 9.90. The van der Waals surface area contributed by atoms with E-state index in [-0.39, 0.29) is 81.6 Å². The van der Waals surface area contributed by atoms with Crippen molar-refractivity contribution in [1.29, 1.82) is 0 Å². The summed E-state index contributed by atoms with van der Waals surface area (Å²) in [6.07, 6.45) is 2.33. The molecule has 1 aliphatic carbocycles. The standard InChI is InChI=1S/C45H46N4O14S3/c1-49(23-9-14-42(50)46-22-8-2-3-15-43(51)52)45(53)34-12-6-5-11-33(34)44-35-21-18-31(47-28-30-10-4-7-13-40(30)65(57,58)59)24-38(35)63-39-26-37(41(25-36(39)44)66(60,61)62)48-27-29-16-19-32(20-17-29)64(54,55)56/h4-7,10-13,16-21,24-26,47H,2-3,8-9,14-15,22-23,27-28H2,1H3,(H,46,50)(H,51,52)(H,54,55,56)(H,57,58,59)(H,60,61,62)/p+1. The number of rotatable bonds is 20. The van der Waals surface area contributed by atoms with Crippen molar-refractivity contribution >= 4 is 64.8 Å². The molecule has 0 saturated carbocycles. The number of hydrogen-bond donors (Lipinski definition) is 7. The molecule has 0 atom stereocenters. The number of aliphatic carboxylic acids is 1. The Bertz CT molecular complexity index is 3170. The second kappa shape index (κ2) is 20.8.